The average molecular weight is 409 g/mol. The first-order chi connectivity index (χ1) is 9.72. The average Bonchev–Trinajstić information content (AvgIpc) is 2.43. The molecule has 3 N–H and O–H groups in total. The van der Waals surface area contributed by atoms with Gasteiger partial charge in [0.15, 0.2) is 5.96 Å². The fraction of sp³-hybridized carbons (Fsp3) is 0.533. The van der Waals surface area contributed by atoms with Crippen molar-refractivity contribution in [1.29, 1.82) is 0 Å². The third kappa shape index (κ3) is 10.3. The van der Waals surface area contributed by atoms with Gasteiger partial charge in [-0.15, -0.1) is 24.0 Å². The van der Waals surface area contributed by atoms with Gasteiger partial charge in [0.2, 0.25) is 0 Å². The summed E-state index contributed by atoms with van der Waals surface area (Å²) in [7, 11) is 0. The predicted octanol–water partition coefficient (Wildman–Crippen LogP) is 3.31. The highest BCUT2D eigenvalue weighted by Gasteiger charge is 1.96. The van der Waals surface area contributed by atoms with Crippen LogP contribution in [0.15, 0.2) is 29.3 Å². The quantitative estimate of drug-likeness (QED) is 0.285. The van der Waals surface area contributed by atoms with Gasteiger partial charge in [-0.25, -0.2) is 4.39 Å². The number of hydrogen-bond donors (Lipinski definition) is 2. The van der Waals surface area contributed by atoms with Crippen molar-refractivity contribution in [3.8, 4) is 5.75 Å². The summed E-state index contributed by atoms with van der Waals surface area (Å²) in [5.74, 6) is 0.648. The Bertz CT molecular complexity index is 416. The zero-order chi connectivity index (χ0) is 14.6. The van der Waals surface area contributed by atoms with E-state index in [0.29, 0.717) is 24.9 Å². The van der Waals surface area contributed by atoms with Crippen molar-refractivity contribution in [3.05, 3.63) is 30.1 Å². The Morgan fingerprint density at radius 2 is 2.14 bits per heavy atom. The number of unbranched alkanes of at least 4 members (excludes halogenated alkanes) is 3. The Morgan fingerprint density at radius 1 is 1.33 bits per heavy atom. The molecule has 1 aromatic rings. The van der Waals surface area contributed by atoms with E-state index in [2.05, 4.69) is 17.2 Å². The van der Waals surface area contributed by atoms with Crippen LogP contribution in [0.25, 0.3) is 0 Å². The van der Waals surface area contributed by atoms with E-state index in [4.69, 9.17) is 10.5 Å². The minimum atomic E-state index is -0.302. The first-order valence-corrected chi connectivity index (χ1v) is 7.14. The van der Waals surface area contributed by atoms with Crippen LogP contribution < -0.4 is 15.8 Å². The zero-order valence-corrected chi connectivity index (χ0v) is 14.8. The molecule has 0 unspecified atom stereocenters. The van der Waals surface area contributed by atoms with E-state index in [1.54, 1.807) is 12.1 Å². The number of hydrogen-bond acceptors (Lipinski definition) is 2. The van der Waals surface area contributed by atoms with Crippen molar-refractivity contribution in [2.45, 2.75) is 32.6 Å². The Morgan fingerprint density at radius 3 is 2.86 bits per heavy atom. The molecule has 0 radical (unpaired) electrons. The fourth-order valence-electron chi connectivity index (χ4n) is 1.70. The summed E-state index contributed by atoms with van der Waals surface area (Å²) in [4.78, 5) is 4.22. The topological polar surface area (TPSA) is 59.6 Å². The van der Waals surface area contributed by atoms with Gasteiger partial charge in [-0.05, 0) is 18.6 Å². The lowest BCUT2D eigenvalue weighted by Crippen LogP contribution is -2.34. The molecule has 0 bridgehead atoms. The molecule has 0 aromatic heterocycles. The molecular weight excluding hydrogens is 384 g/mol. The van der Waals surface area contributed by atoms with Gasteiger partial charge in [-0.1, -0.05) is 32.3 Å². The van der Waals surface area contributed by atoms with E-state index < -0.39 is 0 Å². The van der Waals surface area contributed by atoms with Gasteiger partial charge < -0.3 is 15.8 Å². The molecule has 0 heterocycles. The number of nitrogens with one attached hydrogen (secondary N) is 1. The Balaban J connectivity index is 0.00000400. The zero-order valence-electron chi connectivity index (χ0n) is 12.5. The molecule has 0 aliphatic heterocycles. The highest BCUT2D eigenvalue weighted by Crippen LogP contribution is 2.11. The van der Waals surface area contributed by atoms with Crippen molar-refractivity contribution in [1.82, 2.24) is 5.32 Å². The molecular formula is C15H25FIN3O. The van der Waals surface area contributed by atoms with E-state index in [0.717, 1.165) is 13.0 Å². The van der Waals surface area contributed by atoms with Crippen LogP contribution >= 0.6 is 24.0 Å². The van der Waals surface area contributed by atoms with Gasteiger partial charge in [0.05, 0.1) is 6.54 Å². The molecule has 1 rings (SSSR count). The number of nitrogens with zero attached hydrogens (tertiary/aromatic N) is 1. The smallest absolute Gasteiger partial charge is 0.188 e. The standard InChI is InChI=1S/C15H24FN3O.HI/c1-2-3-4-5-9-18-15(17)19-10-11-20-14-8-6-7-13(16)12-14;/h6-8,12H,2-5,9-11H2,1H3,(H3,17,18,19);1H. The minimum absolute atomic E-state index is 0. The van der Waals surface area contributed by atoms with Crippen LogP contribution in [0.1, 0.15) is 32.6 Å². The summed E-state index contributed by atoms with van der Waals surface area (Å²) in [6, 6.07) is 6.07. The number of ether oxygens (including phenoxy) is 1. The summed E-state index contributed by atoms with van der Waals surface area (Å²) in [6.07, 6.45) is 4.71. The van der Waals surface area contributed by atoms with Gasteiger partial charge in [-0.2, -0.15) is 0 Å². The molecule has 1 aromatic carbocycles. The molecule has 4 nitrogen and oxygen atoms in total. The van der Waals surface area contributed by atoms with E-state index >= 15 is 0 Å². The van der Waals surface area contributed by atoms with Gasteiger partial charge >= 0.3 is 0 Å². The first-order valence-electron chi connectivity index (χ1n) is 7.14. The fourth-order valence-corrected chi connectivity index (χ4v) is 1.70. The predicted molar refractivity (Wildman–Crippen MR) is 95.9 cm³/mol. The molecule has 0 aliphatic rings. The molecule has 0 spiro atoms. The van der Waals surface area contributed by atoms with E-state index in [9.17, 15) is 4.39 Å². The highest BCUT2D eigenvalue weighted by molar-refractivity contribution is 14.0. The lowest BCUT2D eigenvalue weighted by molar-refractivity contribution is 0.320. The third-order valence-corrected chi connectivity index (χ3v) is 2.77. The summed E-state index contributed by atoms with van der Waals surface area (Å²) in [5, 5.41) is 2.97. The van der Waals surface area contributed by atoms with Crippen molar-refractivity contribution in [3.63, 3.8) is 0 Å². The Labute approximate surface area is 143 Å². The Hall–Kier alpha value is -1.05. The van der Waals surface area contributed by atoms with E-state index in [-0.39, 0.29) is 29.8 Å². The number of halogens is 2. The van der Waals surface area contributed by atoms with Crippen molar-refractivity contribution in [2.75, 3.05) is 19.7 Å². The van der Waals surface area contributed by atoms with Crippen LogP contribution in [0.3, 0.4) is 0 Å². The first kappa shape index (κ1) is 19.9. The Kier molecular flexibility index (Phi) is 12.0. The molecule has 0 saturated heterocycles. The number of nitrogens with two attached hydrogens (primary N) is 1. The molecule has 0 aliphatic carbocycles. The summed E-state index contributed by atoms with van der Waals surface area (Å²) in [5.41, 5.74) is 5.72. The van der Waals surface area contributed by atoms with Crippen LogP contribution in [-0.4, -0.2) is 25.7 Å². The lowest BCUT2D eigenvalue weighted by Gasteiger charge is -2.08. The van der Waals surface area contributed by atoms with Crippen molar-refractivity contribution >= 4 is 29.9 Å². The van der Waals surface area contributed by atoms with Crippen LogP contribution in [-0.2, 0) is 0 Å². The monoisotopic (exact) mass is 409 g/mol. The van der Waals surface area contributed by atoms with Crippen LogP contribution in [0.4, 0.5) is 4.39 Å². The minimum Gasteiger partial charge on any atom is -0.492 e. The number of aliphatic imine (C=N–C) groups is 1. The second kappa shape index (κ2) is 12.7. The molecule has 0 amide bonds. The third-order valence-electron chi connectivity index (χ3n) is 2.77. The summed E-state index contributed by atoms with van der Waals surface area (Å²) in [6.45, 7) is 3.89. The van der Waals surface area contributed by atoms with Gasteiger partial charge in [0, 0.05) is 12.6 Å². The van der Waals surface area contributed by atoms with Crippen LogP contribution in [0.5, 0.6) is 5.75 Å². The molecule has 21 heavy (non-hydrogen) atoms. The normalized spacial score (nSPS) is 10.9. The van der Waals surface area contributed by atoms with Gasteiger partial charge in [0.25, 0.3) is 0 Å². The second-order valence-corrected chi connectivity index (χ2v) is 4.56. The number of guanidine groups is 1. The van der Waals surface area contributed by atoms with Crippen LogP contribution in [0, 0.1) is 5.82 Å². The maximum Gasteiger partial charge on any atom is 0.188 e. The molecule has 0 fully saturated rings. The maximum absolute atomic E-state index is 12.9. The van der Waals surface area contributed by atoms with Crippen molar-refractivity contribution in [2.24, 2.45) is 10.7 Å². The van der Waals surface area contributed by atoms with Crippen LogP contribution in [0.2, 0.25) is 0 Å². The molecule has 0 atom stereocenters. The largest absolute Gasteiger partial charge is 0.492 e. The summed E-state index contributed by atoms with van der Waals surface area (Å²) < 4.78 is 18.3. The second-order valence-electron chi connectivity index (χ2n) is 4.56. The van der Waals surface area contributed by atoms with Gasteiger partial charge in [-0.3, -0.25) is 4.99 Å². The number of benzene rings is 1. The van der Waals surface area contributed by atoms with Gasteiger partial charge in [0.1, 0.15) is 18.2 Å². The SMILES string of the molecule is CCCCCCN=C(N)NCCOc1cccc(F)c1.I. The van der Waals surface area contributed by atoms with E-state index in [1.807, 2.05) is 0 Å². The molecule has 120 valence electrons. The molecule has 0 saturated carbocycles. The van der Waals surface area contributed by atoms with E-state index in [1.165, 1.54) is 31.4 Å². The molecule has 6 heteroatoms. The maximum atomic E-state index is 12.9. The van der Waals surface area contributed by atoms with Crippen molar-refractivity contribution < 1.29 is 9.13 Å². The number of rotatable bonds is 9. The highest BCUT2D eigenvalue weighted by atomic mass is 127. The lowest BCUT2D eigenvalue weighted by atomic mass is 10.2. The summed E-state index contributed by atoms with van der Waals surface area (Å²) >= 11 is 0.